The van der Waals surface area contributed by atoms with E-state index >= 15 is 0 Å². The van der Waals surface area contributed by atoms with Gasteiger partial charge in [-0.05, 0) is 19.8 Å². The fourth-order valence-electron chi connectivity index (χ4n) is 1.68. The molecule has 0 amide bonds. The minimum Gasteiger partial charge on any atom is -0.370 e. The van der Waals surface area contributed by atoms with E-state index in [4.69, 9.17) is 0 Å². The van der Waals surface area contributed by atoms with E-state index in [1.54, 1.807) is 6.33 Å². The van der Waals surface area contributed by atoms with Crippen LogP contribution in [-0.2, 0) is 0 Å². The van der Waals surface area contributed by atoms with Crippen molar-refractivity contribution < 1.29 is 0 Å². The summed E-state index contributed by atoms with van der Waals surface area (Å²) in [5.74, 6) is 2.41. The van der Waals surface area contributed by atoms with E-state index in [0.717, 1.165) is 24.7 Å². The first kappa shape index (κ1) is 12.7. The molecule has 0 unspecified atom stereocenters. The summed E-state index contributed by atoms with van der Waals surface area (Å²) in [6.07, 6.45) is 1.63. The first-order chi connectivity index (χ1) is 7.61. The van der Waals surface area contributed by atoms with Crippen molar-refractivity contribution in [2.75, 3.05) is 30.4 Å². The van der Waals surface area contributed by atoms with Gasteiger partial charge in [-0.1, -0.05) is 13.8 Å². The molecule has 1 aromatic rings. The summed E-state index contributed by atoms with van der Waals surface area (Å²) in [6, 6.07) is 0. The number of hydrogen-bond donors (Lipinski definition) is 1. The highest BCUT2D eigenvalue weighted by molar-refractivity contribution is 5.59. The largest absolute Gasteiger partial charge is 0.370 e. The first-order valence-corrected chi connectivity index (χ1v) is 5.91. The summed E-state index contributed by atoms with van der Waals surface area (Å²) < 4.78 is 0. The Morgan fingerprint density at radius 3 is 2.50 bits per heavy atom. The van der Waals surface area contributed by atoms with Crippen LogP contribution in [0, 0.1) is 0 Å². The van der Waals surface area contributed by atoms with Crippen molar-refractivity contribution >= 4 is 11.6 Å². The minimum absolute atomic E-state index is 0.416. The van der Waals surface area contributed by atoms with Gasteiger partial charge in [0.25, 0.3) is 0 Å². The third kappa shape index (κ3) is 2.62. The van der Waals surface area contributed by atoms with Gasteiger partial charge in [0.2, 0.25) is 0 Å². The van der Waals surface area contributed by atoms with Gasteiger partial charge in [-0.15, -0.1) is 0 Å². The molecule has 0 aliphatic rings. The van der Waals surface area contributed by atoms with Crippen molar-refractivity contribution in [3.63, 3.8) is 0 Å². The van der Waals surface area contributed by atoms with Crippen LogP contribution in [0.3, 0.4) is 0 Å². The smallest absolute Gasteiger partial charge is 0.137 e. The number of anilines is 2. The van der Waals surface area contributed by atoms with Gasteiger partial charge < -0.3 is 10.2 Å². The van der Waals surface area contributed by atoms with Crippen LogP contribution >= 0.6 is 0 Å². The fourth-order valence-corrected chi connectivity index (χ4v) is 1.68. The highest BCUT2D eigenvalue weighted by atomic mass is 15.2. The zero-order valence-electron chi connectivity index (χ0n) is 10.9. The van der Waals surface area contributed by atoms with E-state index in [-0.39, 0.29) is 0 Å². The fraction of sp³-hybridized carbons (Fsp3) is 0.667. The van der Waals surface area contributed by atoms with E-state index in [1.807, 2.05) is 0 Å². The van der Waals surface area contributed by atoms with E-state index in [1.165, 1.54) is 5.56 Å². The Morgan fingerprint density at radius 1 is 1.31 bits per heavy atom. The summed E-state index contributed by atoms with van der Waals surface area (Å²) in [5, 5.41) is 3.30. The molecule has 0 bridgehead atoms. The molecule has 1 rings (SSSR count). The molecule has 0 saturated heterocycles. The van der Waals surface area contributed by atoms with E-state index in [0.29, 0.717) is 5.92 Å². The monoisotopic (exact) mass is 222 g/mol. The second kappa shape index (κ2) is 5.68. The third-order valence-electron chi connectivity index (χ3n) is 2.62. The predicted molar refractivity (Wildman–Crippen MR) is 69.2 cm³/mol. The number of nitrogens with one attached hydrogen (secondary N) is 1. The number of hydrogen-bond acceptors (Lipinski definition) is 4. The Hall–Kier alpha value is -1.32. The first-order valence-electron chi connectivity index (χ1n) is 5.91. The van der Waals surface area contributed by atoms with Crippen molar-refractivity contribution in [2.45, 2.75) is 33.6 Å². The highest BCUT2D eigenvalue weighted by Gasteiger charge is 2.16. The molecular formula is C12H22N4. The maximum absolute atomic E-state index is 4.39. The van der Waals surface area contributed by atoms with Gasteiger partial charge in [-0.3, -0.25) is 0 Å². The summed E-state index contributed by atoms with van der Waals surface area (Å²) in [7, 11) is 2.06. The molecule has 0 aliphatic carbocycles. The topological polar surface area (TPSA) is 41.1 Å². The molecule has 16 heavy (non-hydrogen) atoms. The summed E-state index contributed by atoms with van der Waals surface area (Å²) in [6.45, 7) is 10.4. The lowest BCUT2D eigenvalue weighted by Gasteiger charge is -2.23. The molecule has 0 fully saturated rings. The van der Waals surface area contributed by atoms with E-state index in [2.05, 4.69) is 54.9 Å². The van der Waals surface area contributed by atoms with Crippen LogP contribution in [0.25, 0.3) is 0 Å². The van der Waals surface area contributed by atoms with Crippen molar-refractivity contribution in [1.29, 1.82) is 0 Å². The molecule has 4 nitrogen and oxygen atoms in total. The van der Waals surface area contributed by atoms with Crippen LogP contribution < -0.4 is 10.2 Å². The average molecular weight is 222 g/mol. The SMILES string of the molecule is CCNc1ncnc(N(C)CC)c1C(C)C. The third-order valence-corrected chi connectivity index (χ3v) is 2.62. The molecule has 0 spiro atoms. The van der Waals surface area contributed by atoms with Gasteiger partial charge in [0.05, 0.1) is 0 Å². The maximum Gasteiger partial charge on any atom is 0.137 e. The molecular weight excluding hydrogens is 200 g/mol. The molecule has 1 aromatic heterocycles. The van der Waals surface area contributed by atoms with Gasteiger partial charge in [-0.2, -0.15) is 0 Å². The molecule has 4 heteroatoms. The molecule has 1 N–H and O–H groups in total. The molecule has 0 saturated carbocycles. The summed E-state index contributed by atoms with van der Waals surface area (Å²) in [5.41, 5.74) is 1.20. The normalized spacial score (nSPS) is 10.6. The minimum atomic E-state index is 0.416. The summed E-state index contributed by atoms with van der Waals surface area (Å²) >= 11 is 0. The average Bonchev–Trinajstić information content (AvgIpc) is 2.27. The quantitative estimate of drug-likeness (QED) is 0.831. The van der Waals surface area contributed by atoms with Crippen molar-refractivity contribution in [3.05, 3.63) is 11.9 Å². The van der Waals surface area contributed by atoms with Gasteiger partial charge in [0.1, 0.15) is 18.0 Å². The van der Waals surface area contributed by atoms with Gasteiger partial charge >= 0.3 is 0 Å². The summed E-state index contributed by atoms with van der Waals surface area (Å²) in [4.78, 5) is 10.9. The van der Waals surface area contributed by atoms with Gasteiger partial charge in [-0.25, -0.2) is 9.97 Å². The molecule has 0 radical (unpaired) electrons. The van der Waals surface area contributed by atoms with Crippen LogP contribution in [-0.4, -0.2) is 30.1 Å². The van der Waals surface area contributed by atoms with E-state index in [9.17, 15) is 0 Å². The van der Waals surface area contributed by atoms with Gasteiger partial charge in [0, 0.05) is 25.7 Å². The second-order valence-electron chi connectivity index (χ2n) is 4.16. The van der Waals surface area contributed by atoms with E-state index < -0.39 is 0 Å². The lowest BCUT2D eigenvalue weighted by atomic mass is 10.0. The molecule has 0 atom stereocenters. The Balaban J connectivity index is 3.21. The van der Waals surface area contributed by atoms with Crippen LogP contribution in [0.15, 0.2) is 6.33 Å². The zero-order chi connectivity index (χ0) is 12.1. The van der Waals surface area contributed by atoms with Crippen LogP contribution in [0.4, 0.5) is 11.6 Å². The van der Waals surface area contributed by atoms with Crippen molar-refractivity contribution in [3.8, 4) is 0 Å². The Labute approximate surface area is 98.1 Å². The molecule has 1 heterocycles. The van der Waals surface area contributed by atoms with Crippen molar-refractivity contribution in [2.24, 2.45) is 0 Å². The highest BCUT2D eigenvalue weighted by Crippen LogP contribution is 2.29. The Kier molecular flexibility index (Phi) is 4.52. The Bertz CT molecular complexity index is 336. The van der Waals surface area contributed by atoms with Crippen LogP contribution in [0.5, 0.6) is 0 Å². The predicted octanol–water partition coefficient (Wildman–Crippen LogP) is 2.49. The molecule has 0 aliphatic heterocycles. The molecule has 0 aromatic carbocycles. The number of nitrogens with zero attached hydrogens (tertiary/aromatic N) is 3. The van der Waals surface area contributed by atoms with Gasteiger partial charge in [0.15, 0.2) is 0 Å². The van der Waals surface area contributed by atoms with Crippen molar-refractivity contribution in [1.82, 2.24) is 9.97 Å². The Morgan fingerprint density at radius 2 is 2.00 bits per heavy atom. The second-order valence-corrected chi connectivity index (χ2v) is 4.16. The lowest BCUT2D eigenvalue weighted by molar-refractivity contribution is 0.819. The maximum atomic E-state index is 4.39. The lowest BCUT2D eigenvalue weighted by Crippen LogP contribution is -2.21. The zero-order valence-corrected chi connectivity index (χ0v) is 10.9. The number of aromatic nitrogens is 2. The van der Waals surface area contributed by atoms with Crippen LogP contribution in [0.1, 0.15) is 39.2 Å². The van der Waals surface area contributed by atoms with Crippen LogP contribution in [0.2, 0.25) is 0 Å². The molecule has 90 valence electrons. The standard InChI is InChI=1S/C12H22N4/c1-6-13-11-10(9(3)4)12(15-8-14-11)16(5)7-2/h8-9H,6-7H2,1-5H3,(H,13,14,15). The number of rotatable bonds is 5.